The lowest BCUT2D eigenvalue weighted by Gasteiger charge is -2.37. The Morgan fingerprint density at radius 1 is 1.04 bits per heavy atom. The predicted molar refractivity (Wildman–Crippen MR) is 105 cm³/mol. The molecule has 0 amide bonds. The molecule has 0 bridgehead atoms. The van der Waals surface area contributed by atoms with Crippen molar-refractivity contribution >= 4 is 15.9 Å². The van der Waals surface area contributed by atoms with Crippen LogP contribution in [0.4, 0.5) is 0 Å². The van der Waals surface area contributed by atoms with Crippen LogP contribution in [0.15, 0.2) is 22.7 Å². The van der Waals surface area contributed by atoms with Crippen molar-refractivity contribution in [3.63, 3.8) is 0 Å². The van der Waals surface area contributed by atoms with Gasteiger partial charge in [-0.2, -0.15) is 0 Å². The van der Waals surface area contributed by atoms with Crippen molar-refractivity contribution in [3.05, 3.63) is 39.4 Å². The maximum atomic E-state index is 5.82. The van der Waals surface area contributed by atoms with Gasteiger partial charge in [0.2, 0.25) is 12.5 Å². The van der Waals surface area contributed by atoms with Gasteiger partial charge < -0.3 is 23.7 Å². The Morgan fingerprint density at radius 2 is 1.78 bits per heavy atom. The van der Waals surface area contributed by atoms with Gasteiger partial charge in [0.1, 0.15) is 0 Å². The molecule has 2 heterocycles. The number of methoxy groups -OCH3 is 3. The van der Waals surface area contributed by atoms with Crippen molar-refractivity contribution in [2.45, 2.75) is 12.5 Å². The molecule has 0 aliphatic carbocycles. The second-order valence-electron chi connectivity index (χ2n) is 6.52. The minimum absolute atomic E-state index is 0.0699. The zero-order valence-electron chi connectivity index (χ0n) is 15.8. The Hall–Kier alpha value is -2.12. The second kappa shape index (κ2) is 7.13. The monoisotopic (exact) mass is 435 g/mol. The van der Waals surface area contributed by atoms with Crippen molar-refractivity contribution < 1.29 is 23.7 Å². The molecule has 1 atom stereocenters. The van der Waals surface area contributed by atoms with Gasteiger partial charge in [0.25, 0.3) is 0 Å². The highest BCUT2D eigenvalue weighted by molar-refractivity contribution is 9.10. The molecule has 144 valence electrons. The van der Waals surface area contributed by atoms with Gasteiger partial charge in [-0.05, 0) is 41.0 Å². The lowest BCUT2D eigenvalue weighted by Crippen LogP contribution is -2.33. The summed E-state index contributed by atoms with van der Waals surface area (Å²) < 4.78 is 29.4. The smallest absolute Gasteiger partial charge is 0.231 e. The fraction of sp³-hybridized carbons (Fsp3) is 0.400. The van der Waals surface area contributed by atoms with E-state index in [0.717, 1.165) is 34.3 Å². The highest BCUT2D eigenvalue weighted by atomic mass is 79.9. The summed E-state index contributed by atoms with van der Waals surface area (Å²) in [4.78, 5) is 2.29. The van der Waals surface area contributed by atoms with Crippen LogP contribution < -0.4 is 23.7 Å². The molecule has 6 nitrogen and oxygen atoms in total. The van der Waals surface area contributed by atoms with Gasteiger partial charge >= 0.3 is 0 Å². The first-order chi connectivity index (χ1) is 13.1. The Balaban J connectivity index is 2.00. The number of halogens is 1. The van der Waals surface area contributed by atoms with Crippen LogP contribution in [-0.4, -0.2) is 46.6 Å². The minimum atomic E-state index is -0.0699. The predicted octanol–water partition coefficient (Wildman–Crippen LogP) is 3.78. The zero-order valence-corrected chi connectivity index (χ0v) is 17.4. The van der Waals surface area contributed by atoms with Gasteiger partial charge in [-0.1, -0.05) is 12.1 Å². The summed E-state index contributed by atoms with van der Waals surface area (Å²) in [5, 5.41) is 0. The lowest BCUT2D eigenvalue weighted by molar-refractivity contribution is 0.170. The van der Waals surface area contributed by atoms with Crippen LogP contribution in [0, 0.1) is 0 Å². The number of para-hydroxylation sites is 1. The van der Waals surface area contributed by atoms with Gasteiger partial charge in [0.05, 0.1) is 31.8 Å². The van der Waals surface area contributed by atoms with Gasteiger partial charge in [0.15, 0.2) is 23.0 Å². The van der Waals surface area contributed by atoms with E-state index in [4.69, 9.17) is 23.7 Å². The molecule has 7 heteroatoms. The van der Waals surface area contributed by atoms with Crippen LogP contribution in [0.1, 0.15) is 22.7 Å². The molecule has 0 aromatic heterocycles. The molecule has 0 fully saturated rings. The van der Waals surface area contributed by atoms with Crippen molar-refractivity contribution in [2.75, 3.05) is 41.7 Å². The number of hydrogen-bond acceptors (Lipinski definition) is 6. The summed E-state index contributed by atoms with van der Waals surface area (Å²) in [5.41, 5.74) is 3.25. The average Bonchev–Trinajstić information content (AvgIpc) is 3.17. The van der Waals surface area contributed by atoms with Gasteiger partial charge in [-0.15, -0.1) is 0 Å². The van der Waals surface area contributed by atoms with Crippen LogP contribution in [-0.2, 0) is 6.42 Å². The molecule has 0 spiro atoms. The van der Waals surface area contributed by atoms with E-state index in [1.807, 2.05) is 12.1 Å². The Bertz CT molecular complexity index is 885. The number of likely N-dealkylation sites (N-methyl/N-ethyl adjacent to an activating group) is 1. The van der Waals surface area contributed by atoms with Crippen molar-refractivity contribution in [3.8, 4) is 28.7 Å². The number of rotatable bonds is 4. The highest BCUT2D eigenvalue weighted by Crippen LogP contribution is 2.56. The first kappa shape index (κ1) is 18.3. The van der Waals surface area contributed by atoms with Gasteiger partial charge in [0, 0.05) is 17.7 Å². The topological polar surface area (TPSA) is 49.4 Å². The first-order valence-electron chi connectivity index (χ1n) is 8.71. The standard InChI is InChI=1S/C20H22BrNO5/c1-22-9-8-11-14(18(25-4)20-19(15(11)21)26-10-27-20)16(22)12-6-5-7-13(23-2)17(12)24-3/h5-7,16H,8-10H2,1-4H3. The molecule has 27 heavy (non-hydrogen) atoms. The molecule has 0 radical (unpaired) electrons. The molecule has 2 aliphatic rings. The average molecular weight is 436 g/mol. The second-order valence-corrected chi connectivity index (χ2v) is 7.31. The number of ether oxygens (including phenoxy) is 5. The summed E-state index contributed by atoms with van der Waals surface area (Å²) in [6, 6.07) is 5.88. The third kappa shape index (κ3) is 2.72. The van der Waals surface area contributed by atoms with E-state index in [1.165, 1.54) is 5.56 Å². The lowest BCUT2D eigenvalue weighted by atomic mass is 9.86. The number of hydrogen-bond donors (Lipinski definition) is 0. The van der Waals surface area contributed by atoms with E-state index in [1.54, 1.807) is 21.3 Å². The zero-order chi connectivity index (χ0) is 19.1. The third-order valence-electron chi connectivity index (χ3n) is 5.21. The number of benzene rings is 2. The van der Waals surface area contributed by atoms with Crippen LogP contribution in [0.3, 0.4) is 0 Å². The molecule has 2 aromatic rings. The molecular formula is C20H22BrNO5. The van der Waals surface area contributed by atoms with E-state index in [9.17, 15) is 0 Å². The van der Waals surface area contributed by atoms with E-state index in [2.05, 4.69) is 33.9 Å². The molecule has 1 unspecified atom stereocenters. The summed E-state index contributed by atoms with van der Waals surface area (Å²) in [6.07, 6.45) is 0.877. The highest BCUT2D eigenvalue weighted by Gasteiger charge is 2.38. The van der Waals surface area contributed by atoms with Crippen LogP contribution in [0.5, 0.6) is 28.7 Å². The molecule has 0 N–H and O–H groups in total. The van der Waals surface area contributed by atoms with E-state index < -0.39 is 0 Å². The van der Waals surface area contributed by atoms with Crippen molar-refractivity contribution in [1.82, 2.24) is 4.90 Å². The van der Waals surface area contributed by atoms with Crippen LogP contribution >= 0.6 is 15.9 Å². The summed E-state index contributed by atoms with van der Waals surface area (Å²) in [6.45, 7) is 1.08. The first-order valence-corrected chi connectivity index (χ1v) is 9.50. The van der Waals surface area contributed by atoms with E-state index in [0.29, 0.717) is 23.0 Å². The van der Waals surface area contributed by atoms with Crippen LogP contribution in [0.2, 0.25) is 0 Å². The Labute approximate surface area is 167 Å². The third-order valence-corrected chi connectivity index (χ3v) is 6.05. The molecule has 2 aliphatic heterocycles. The normalized spacial score (nSPS) is 18.2. The maximum absolute atomic E-state index is 5.82. The van der Waals surface area contributed by atoms with Crippen molar-refractivity contribution in [1.29, 1.82) is 0 Å². The fourth-order valence-electron chi connectivity index (χ4n) is 4.02. The molecule has 2 aromatic carbocycles. The number of fused-ring (bicyclic) bond motifs is 2. The maximum Gasteiger partial charge on any atom is 0.231 e. The van der Waals surface area contributed by atoms with E-state index in [-0.39, 0.29) is 12.8 Å². The minimum Gasteiger partial charge on any atom is -0.493 e. The largest absolute Gasteiger partial charge is 0.493 e. The molecule has 0 saturated heterocycles. The fourth-order valence-corrected chi connectivity index (χ4v) is 4.73. The SMILES string of the molecule is COc1cccc(C2c3c(c(Br)c4c(c3OC)OCO4)CCN2C)c1OC. The Kier molecular flexibility index (Phi) is 4.82. The summed E-state index contributed by atoms with van der Waals surface area (Å²) >= 11 is 3.73. The van der Waals surface area contributed by atoms with Crippen LogP contribution in [0.25, 0.3) is 0 Å². The number of nitrogens with zero attached hydrogens (tertiary/aromatic N) is 1. The molecule has 4 rings (SSSR count). The quantitative estimate of drug-likeness (QED) is 0.728. The molecular weight excluding hydrogens is 414 g/mol. The van der Waals surface area contributed by atoms with Gasteiger partial charge in [-0.3, -0.25) is 4.90 Å². The van der Waals surface area contributed by atoms with Crippen molar-refractivity contribution in [2.24, 2.45) is 0 Å². The summed E-state index contributed by atoms with van der Waals surface area (Å²) in [5.74, 6) is 3.49. The Morgan fingerprint density at radius 3 is 2.48 bits per heavy atom. The van der Waals surface area contributed by atoms with Gasteiger partial charge in [-0.25, -0.2) is 0 Å². The molecule has 0 saturated carbocycles. The summed E-state index contributed by atoms with van der Waals surface area (Å²) in [7, 11) is 7.08. The van der Waals surface area contributed by atoms with E-state index >= 15 is 0 Å².